The molecule has 0 spiro atoms. The van der Waals surface area contributed by atoms with E-state index in [-0.39, 0.29) is 53.8 Å². The zero-order valence-electron chi connectivity index (χ0n) is 34.4. The fourth-order valence-corrected chi connectivity index (χ4v) is 6.78. The van der Waals surface area contributed by atoms with E-state index in [4.69, 9.17) is 19.9 Å². The van der Waals surface area contributed by atoms with Gasteiger partial charge in [-0.05, 0) is 51.0 Å². The van der Waals surface area contributed by atoms with Crippen LogP contribution < -0.4 is 32.9 Å². The second-order valence-electron chi connectivity index (χ2n) is 14.8. The van der Waals surface area contributed by atoms with Crippen LogP contribution in [-0.4, -0.2) is 95.9 Å². The number of aryl methyl sites for hydroxylation is 1. The number of hydrogen-bond acceptors (Lipinski definition) is 12. The molecule has 1 aliphatic heterocycles. The number of aromatic amines is 1. The van der Waals surface area contributed by atoms with Crippen molar-refractivity contribution in [3.8, 4) is 0 Å². The van der Waals surface area contributed by atoms with Gasteiger partial charge in [0.2, 0.25) is 23.3 Å². The van der Waals surface area contributed by atoms with Gasteiger partial charge < -0.3 is 41.0 Å². The summed E-state index contributed by atoms with van der Waals surface area (Å²) in [4.78, 5) is 89.6. The number of ether oxygens (including phenoxy) is 3. The van der Waals surface area contributed by atoms with Gasteiger partial charge in [0.15, 0.2) is 6.10 Å². The van der Waals surface area contributed by atoms with Gasteiger partial charge in [-0.3, -0.25) is 33.5 Å². The molecule has 0 radical (unpaired) electrons. The number of H-pyrrole nitrogens is 1. The largest absolute Gasteiger partial charge is 0.439 e. The lowest BCUT2D eigenvalue weighted by molar-refractivity contribution is -0.121. The van der Waals surface area contributed by atoms with Crippen LogP contribution in [0.25, 0.3) is 0 Å². The first-order valence-corrected chi connectivity index (χ1v) is 19.5. The van der Waals surface area contributed by atoms with Crippen LogP contribution in [0.2, 0.25) is 0 Å². The molecule has 17 nitrogen and oxygen atoms in total. The molecule has 59 heavy (non-hydrogen) atoms. The van der Waals surface area contributed by atoms with Crippen molar-refractivity contribution >= 4 is 29.5 Å². The third-order valence-corrected chi connectivity index (χ3v) is 10.1. The minimum Gasteiger partial charge on any atom is -0.439 e. The van der Waals surface area contributed by atoms with Crippen LogP contribution in [0.15, 0.2) is 74.3 Å². The molecule has 0 saturated carbocycles. The van der Waals surface area contributed by atoms with Gasteiger partial charge in [-0.1, -0.05) is 51.0 Å². The molecule has 2 heterocycles. The fraction of sp³-hybridized carbons (Fsp3) is 0.537. The zero-order chi connectivity index (χ0) is 43.8. The average Bonchev–Trinajstić information content (AvgIpc) is 3.18. The minimum absolute atomic E-state index is 0.0837. The molecule has 1 aromatic rings. The van der Waals surface area contributed by atoms with E-state index in [9.17, 15) is 43.1 Å². The Kier molecular flexibility index (Phi) is 18.9. The summed E-state index contributed by atoms with van der Waals surface area (Å²) < 4.78 is 31.1. The number of carbonyl (C=O) groups excluding carboxylic acids is 5. The molecule has 0 unspecified atom stereocenters. The zero-order valence-corrected chi connectivity index (χ0v) is 34.4. The second-order valence-corrected chi connectivity index (χ2v) is 14.8. The summed E-state index contributed by atoms with van der Waals surface area (Å²) in [6.45, 7) is 7.52. The molecule has 3 amide bonds. The van der Waals surface area contributed by atoms with Crippen molar-refractivity contribution in [2.45, 2.75) is 104 Å². The van der Waals surface area contributed by atoms with Crippen molar-refractivity contribution < 1.29 is 47.7 Å². The minimum atomic E-state index is -1.12. The fourth-order valence-electron chi connectivity index (χ4n) is 6.78. The Morgan fingerprint density at radius 1 is 1.03 bits per heavy atom. The van der Waals surface area contributed by atoms with Gasteiger partial charge in [0, 0.05) is 63.4 Å². The number of aromatic nitrogens is 2. The molecule has 0 aromatic carbocycles. The van der Waals surface area contributed by atoms with Crippen molar-refractivity contribution in [1.82, 2.24) is 25.5 Å². The van der Waals surface area contributed by atoms with E-state index < -0.39 is 71.0 Å². The van der Waals surface area contributed by atoms with Crippen molar-refractivity contribution in [3.05, 3.63) is 91.3 Å². The Bertz CT molecular complexity index is 1980. The van der Waals surface area contributed by atoms with Crippen molar-refractivity contribution in [2.75, 3.05) is 27.3 Å². The van der Waals surface area contributed by atoms with Crippen molar-refractivity contribution in [3.63, 3.8) is 0 Å². The highest BCUT2D eigenvalue weighted by atomic mass is 19.1. The third-order valence-electron chi connectivity index (χ3n) is 10.1. The first-order valence-electron chi connectivity index (χ1n) is 19.5. The van der Waals surface area contributed by atoms with Crippen LogP contribution in [0.3, 0.4) is 0 Å². The van der Waals surface area contributed by atoms with Gasteiger partial charge in [0.1, 0.15) is 6.10 Å². The van der Waals surface area contributed by atoms with Crippen LogP contribution in [0.1, 0.15) is 72.6 Å². The number of aliphatic hydroxyl groups excluding tert-OH is 1. The maximum Gasteiger partial charge on any atom is 0.405 e. The summed E-state index contributed by atoms with van der Waals surface area (Å²) >= 11 is 0. The number of nitrogens with two attached hydrogens (primary N) is 1. The number of Topliss-reactive ketones (excluding diaryl/α,β-unsaturated/α-hetero) is 1. The first-order chi connectivity index (χ1) is 28.0. The molecule has 2 bridgehead atoms. The number of carbonyl (C=O) groups is 5. The summed E-state index contributed by atoms with van der Waals surface area (Å²) in [6, 6.07) is 0. The number of primary amides is 1. The van der Waals surface area contributed by atoms with Crippen LogP contribution in [-0.2, 0) is 39.9 Å². The van der Waals surface area contributed by atoms with Gasteiger partial charge in [-0.25, -0.2) is 9.59 Å². The average molecular weight is 829 g/mol. The molecule has 1 aliphatic carbocycles. The monoisotopic (exact) mass is 828 g/mol. The lowest BCUT2D eigenvalue weighted by Crippen LogP contribution is -2.38. The standard InChI is InChI=1S/C41H57FN6O11/c1-23-18-27-34(45-16-10-8-7-9-15-44-33(50)14-17-48-22-28(42)39(54)47-41(48)56)30(49)21-29(36(27)52)46-38(53)24(2)12-11-13-31(57-5)37(59-40(43)55)26(4)20-25(3)35(51)32(19-23)58-6/h11-13,20-23,25,31-32,35,37,45,51H,7-10,14-19H2,1-6H3,(H2,43,55)(H,44,50)(H,46,53)(H,47,54,56)/b13-11-,24-12+,26-20+/t23-,25+,31+,32+,35+,37+/m1/s1. The quantitative estimate of drug-likeness (QED) is 0.0897. The third kappa shape index (κ3) is 14.4. The predicted octanol–water partition coefficient (Wildman–Crippen LogP) is 2.11. The molecular weight excluding hydrogens is 771 g/mol. The van der Waals surface area contributed by atoms with Gasteiger partial charge in [0.25, 0.3) is 11.5 Å². The van der Waals surface area contributed by atoms with Gasteiger partial charge >= 0.3 is 11.8 Å². The van der Waals surface area contributed by atoms with Crippen molar-refractivity contribution in [2.24, 2.45) is 17.6 Å². The summed E-state index contributed by atoms with van der Waals surface area (Å²) in [7, 11) is 2.88. The van der Waals surface area contributed by atoms with Crippen LogP contribution in [0.4, 0.5) is 9.18 Å². The number of nitrogens with zero attached hydrogens (tertiary/aromatic N) is 1. The smallest absolute Gasteiger partial charge is 0.405 e. The molecule has 6 atom stereocenters. The number of ketones is 2. The highest BCUT2D eigenvalue weighted by Crippen LogP contribution is 2.29. The number of allylic oxidation sites excluding steroid dienone is 4. The Morgan fingerprint density at radius 2 is 1.73 bits per heavy atom. The van der Waals surface area contributed by atoms with Crippen LogP contribution in [0, 0.1) is 17.7 Å². The number of methoxy groups -OCH3 is 2. The number of fused-ring (bicyclic) bond motifs is 2. The lowest BCUT2D eigenvalue weighted by atomic mass is 9.85. The number of rotatable bonds is 14. The normalized spacial score (nSPS) is 25.8. The molecule has 0 saturated heterocycles. The summed E-state index contributed by atoms with van der Waals surface area (Å²) in [5.41, 5.74) is 4.35. The number of unbranched alkanes of at least 4 members (excludes halogenated alkanes) is 3. The first kappa shape index (κ1) is 47.9. The van der Waals surface area contributed by atoms with E-state index in [1.807, 2.05) is 11.9 Å². The van der Waals surface area contributed by atoms with Crippen LogP contribution in [0.5, 0.6) is 0 Å². The summed E-state index contributed by atoms with van der Waals surface area (Å²) in [6.07, 6.45) is 6.74. The molecule has 324 valence electrons. The molecule has 18 heteroatoms. The van der Waals surface area contributed by atoms with Crippen molar-refractivity contribution in [1.29, 1.82) is 0 Å². The van der Waals surface area contributed by atoms with E-state index in [2.05, 4.69) is 16.0 Å². The molecule has 2 aliphatic rings. The second kappa shape index (κ2) is 23.2. The molecule has 3 rings (SSSR count). The highest BCUT2D eigenvalue weighted by Gasteiger charge is 2.33. The van der Waals surface area contributed by atoms with Gasteiger partial charge in [0.05, 0.1) is 29.8 Å². The Balaban J connectivity index is 1.72. The Labute approximate surface area is 342 Å². The van der Waals surface area contributed by atoms with E-state index in [0.717, 1.165) is 29.7 Å². The number of amides is 3. The number of halogens is 1. The van der Waals surface area contributed by atoms with E-state index in [1.54, 1.807) is 26.0 Å². The molecular formula is C41H57FN6O11. The molecule has 1 aromatic heterocycles. The van der Waals surface area contributed by atoms with E-state index >= 15 is 0 Å². The SMILES string of the molecule is CO[C@H]1/C=C\C=C(/C)C(=O)NC2=CC(=O)C(NCCCCCCNC(=O)CCn3cc(F)c(=O)[nH]c3=O)=C(C[C@@H](C)C[C@H](OC)[C@@H](O)[C@@H](C)/C=C(\C)[C@@H]1OC(N)=O)C2=O. The highest BCUT2D eigenvalue weighted by molar-refractivity contribution is 6.23. The predicted molar refractivity (Wildman–Crippen MR) is 215 cm³/mol. The maximum atomic E-state index is 14.0. The number of aliphatic hydroxyl groups is 1. The van der Waals surface area contributed by atoms with Crippen LogP contribution >= 0.6 is 0 Å². The number of nitrogens with one attached hydrogen (secondary N) is 4. The van der Waals surface area contributed by atoms with E-state index in [1.165, 1.54) is 33.3 Å². The molecule has 0 fully saturated rings. The maximum absolute atomic E-state index is 14.0. The lowest BCUT2D eigenvalue weighted by Gasteiger charge is -2.30. The van der Waals surface area contributed by atoms with Gasteiger partial charge in [-0.2, -0.15) is 4.39 Å². The molecule has 7 N–H and O–H groups in total. The number of hydrogen-bond donors (Lipinski definition) is 6. The topological polar surface area (TPSA) is 250 Å². The Morgan fingerprint density at radius 3 is 2.39 bits per heavy atom. The van der Waals surface area contributed by atoms with Gasteiger partial charge in [-0.15, -0.1) is 0 Å². The summed E-state index contributed by atoms with van der Waals surface area (Å²) in [5.74, 6) is -3.85. The summed E-state index contributed by atoms with van der Waals surface area (Å²) in [5, 5.41) is 19.9. The Hall–Kier alpha value is -5.46. The van der Waals surface area contributed by atoms with E-state index in [0.29, 0.717) is 37.9 Å².